The molecule has 94 valence electrons. The van der Waals surface area contributed by atoms with Crippen molar-refractivity contribution in [2.45, 2.75) is 51.7 Å². The van der Waals surface area contributed by atoms with Crippen molar-refractivity contribution in [2.24, 2.45) is 5.92 Å². The van der Waals surface area contributed by atoms with Crippen LogP contribution in [0.1, 0.15) is 62.6 Å². The van der Waals surface area contributed by atoms with Gasteiger partial charge in [0, 0.05) is 5.75 Å². The number of thioether (sulfide) groups is 1. The summed E-state index contributed by atoms with van der Waals surface area (Å²) in [7, 11) is 0. The maximum absolute atomic E-state index is 2.38. The van der Waals surface area contributed by atoms with Crippen LogP contribution in [0.5, 0.6) is 0 Å². The third kappa shape index (κ3) is 2.70. The molecule has 0 nitrogen and oxygen atoms in total. The molecule has 0 aromatic heterocycles. The highest BCUT2D eigenvalue weighted by Crippen LogP contribution is 2.40. The molecule has 1 unspecified atom stereocenters. The van der Waals surface area contributed by atoms with Crippen molar-refractivity contribution in [2.75, 3.05) is 5.75 Å². The maximum atomic E-state index is 2.38. The Morgan fingerprint density at radius 2 is 1.94 bits per heavy atom. The summed E-state index contributed by atoms with van der Waals surface area (Å²) in [6.07, 6.45) is 1.35. The molecule has 1 aromatic rings. The molecule has 1 aromatic carbocycles. The first kappa shape index (κ1) is 13.0. The predicted molar refractivity (Wildman–Crippen MR) is 78.9 cm³/mol. The van der Waals surface area contributed by atoms with E-state index in [1.54, 1.807) is 16.7 Å². The molecule has 1 heterocycles. The maximum Gasteiger partial charge on any atom is 0.0187 e. The molecule has 0 aliphatic carbocycles. The van der Waals surface area contributed by atoms with Crippen molar-refractivity contribution >= 4 is 11.8 Å². The number of benzene rings is 1. The number of rotatable bonds is 2. The highest BCUT2D eigenvalue weighted by atomic mass is 32.2. The number of fused-ring (bicyclic) bond motifs is 1. The molecule has 0 N–H and O–H groups in total. The van der Waals surface area contributed by atoms with Gasteiger partial charge in [0.15, 0.2) is 0 Å². The minimum Gasteiger partial charge on any atom is -0.157 e. The van der Waals surface area contributed by atoms with Gasteiger partial charge in [0.05, 0.1) is 0 Å². The van der Waals surface area contributed by atoms with E-state index >= 15 is 0 Å². The quantitative estimate of drug-likeness (QED) is 0.694. The summed E-state index contributed by atoms with van der Waals surface area (Å²) in [6.45, 7) is 9.40. The topological polar surface area (TPSA) is 0 Å². The first-order valence-electron chi connectivity index (χ1n) is 6.80. The van der Waals surface area contributed by atoms with Crippen molar-refractivity contribution in [3.05, 3.63) is 34.9 Å². The van der Waals surface area contributed by atoms with Crippen LogP contribution in [0.4, 0.5) is 0 Å². The monoisotopic (exact) mass is 248 g/mol. The SMILES string of the molecule is CC(C)c1cccc2c1C(C(C)C)CCSC2. The number of hydrogen-bond acceptors (Lipinski definition) is 1. The van der Waals surface area contributed by atoms with E-state index in [-0.39, 0.29) is 0 Å². The minimum atomic E-state index is 0.647. The van der Waals surface area contributed by atoms with Crippen LogP contribution in [-0.2, 0) is 5.75 Å². The van der Waals surface area contributed by atoms with Crippen molar-refractivity contribution in [3.8, 4) is 0 Å². The summed E-state index contributed by atoms with van der Waals surface area (Å²) in [5.74, 6) is 4.69. The third-order valence-corrected chi connectivity index (χ3v) is 4.90. The molecule has 0 saturated heterocycles. The van der Waals surface area contributed by atoms with Gasteiger partial charge in [-0.05, 0) is 46.6 Å². The van der Waals surface area contributed by atoms with E-state index in [0.29, 0.717) is 5.92 Å². The zero-order chi connectivity index (χ0) is 12.4. The Hall–Kier alpha value is -0.430. The van der Waals surface area contributed by atoms with Crippen molar-refractivity contribution in [1.82, 2.24) is 0 Å². The minimum absolute atomic E-state index is 0.647. The normalized spacial score (nSPS) is 20.5. The van der Waals surface area contributed by atoms with E-state index in [2.05, 4.69) is 57.7 Å². The molecule has 0 radical (unpaired) electrons. The van der Waals surface area contributed by atoms with Crippen molar-refractivity contribution in [3.63, 3.8) is 0 Å². The zero-order valence-corrected chi connectivity index (χ0v) is 12.3. The summed E-state index contributed by atoms with van der Waals surface area (Å²) in [6, 6.07) is 6.93. The van der Waals surface area contributed by atoms with Crippen LogP contribution in [0, 0.1) is 5.92 Å². The van der Waals surface area contributed by atoms with Gasteiger partial charge in [-0.25, -0.2) is 0 Å². The van der Waals surface area contributed by atoms with Crippen LogP contribution < -0.4 is 0 Å². The molecule has 0 bridgehead atoms. The summed E-state index contributed by atoms with van der Waals surface area (Å²) in [5, 5.41) is 0. The smallest absolute Gasteiger partial charge is 0.0187 e. The van der Waals surface area contributed by atoms with Crippen molar-refractivity contribution < 1.29 is 0 Å². The highest BCUT2D eigenvalue weighted by Gasteiger charge is 2.24. The van der Waals surface area contributed by atoms with Crippen molar-refractivity contribution in [1.29, 1.82) is 0 Å². The van der Waals surface area contributed by atoms with Crippen LogP contribution in [0.25, 0.3) is 0 Å². The molecule has 17 heavy (non-hydrogen) atoms. The molecule has 0 fully saturated rings. The molecular formula is C16H24S. The van der Waals surface area contributed by atoms with Gasteiger partial charge in [0.2, 0.25) is 0 Å². The summed E-state index contributed by atoms with van der Waals surface area (Å²) >= 11 is 2.10. The molecule has 0 saturated carbocycles. The largest absolute Gasteiger partial charge is 0.157 e. The fourth-order valence-electron chi connectivity index (χ4n) is 2.92. The van der Waals surface area contributed by atoms with Gasteiger partial charge in [-0.3, -0.25) is 0 Å². The fraction of sp³-hybridized carbons (Fsp3) is 0.625. The molecule has 0 spiro atoms. The Balaban J connectivity index is 2.52. The second kappa shape index (κ2) is 5.48. The Kier molecular flexibility index (Phi) is 4.19. The van der Waals surface area contributed by atoms with E-state index < -0.39 is 0 Å². The second-order valence-electron chi connectivity index (χ2n) is 5.77. The Labute approximate surface area is 110 Å². The molecule has 2 rings (SSSR count). The lowest BCUT2D eigenvalue weighted by molar-refractivity contribution is 0.483. The van der Waals surface area contributed by atoms with Crippen LogP contribution in [0.2, 0.25) is 0 Å². The standard InChI is InChI=1S/C16H24S/c1-11(2)14-7-5-6-13-10-17-9-8-15(12(3)4)16(13)14/h5-7,11-12,15H,8-10H2,1-4H3. The number of hydrogen-bond donors (Lipinski definition) is 0. The lowest BCUT2D eigenvalue weighted by atomic mass is 9.79. The van der Waals surface area contributed by atoms with Gasteiger partial charge in [-0.2, -0.15) is 11.8 Å². The van der Waals surface area contributed by atoms with Crippen LogP contribution >= 0.6 is 11.8 Å². The average Bonchev–Trinajstić information content (AvgIpc) is 2.50. The Morgan fingerprint density at radius 3 is 2.59 bits per heavy atom. The first-order chi connectivity index (χ1) is 8.11. The van der Waals surface area contributed by atoms with Gasteiger partial charge < -0.3 is 0 Å². The molecule has 1 atom stereocenters. The summed E-state index contributed by atoms with van der Waals surface area (Å²) in [5.41, 5.74) is 4.86. The van der Waals surface area contributed by atoms with E-state index in [1.807, 2.05) is 0 Å². The molecule has 1 aliphatic heterocycles. The molecule has 1 aliphatic rings. The van der Waals surface area contributed by atoms with Gasteiger partial charge in [-0.1, -0.05) is 45.9 Å². The highest BCUT2D eigenvalue weighted by molar-refractivity contribution is 7.98. The Morgan fingerprint density at radius 1 is 1.18 bits per heavy atom. The van der Waals surface area contributed by atoms with E-state index in [4.69, 9.17) is 0 Å². The van der Waals surface area contributed by atoms with E-state index in [0.717, 1.165) is 11.8 Å². The first-order valence-corrected chi connectivity index (χ1v) is 7.96. The van der Waals surface area contributed by atoms with Crippen LogP contribution in [0.3, 0.4) is 0 Å². The van der Waals surface area contributed by atoms with E-state index in [1.165, 1.54) is 17.9 Å². The van der Waals surface area contributed by atoms with Gasteiger partial charge in [0.25, 0.3) is 0 Å². The Bertz CT molecular complexity index is 379. The van der Waals surface area contributed by atoms with Gasteiger partial charge >= 0.3 is 0 Å². The third-order valence-electron chi connectivity index (χ3n) is 3.86. The zero-order valence-electron chi connectivity index (χ0n) is 11.5. The van der Waals surface area contributed by atoms with Crippen LogP contribution in [-0.4, -0.2) is 5.75 Å². The second-order valence-corrected chi connectivity index (χ2v) is 6.87. The van der Waals surface area contributed by atoms with Crippen LogP contribution in [0.15, 0.2) is 18.2 Å². The average molecular weight is 248 g/mol. The molecule has 1 heteroatoms. The predicted octanol–water partition coefficient (Wildman–Crippen LogP) is 5.19. The van der Waals surface area contributed by atoms with E-state index in [9.17, 15) is 0 Å². The van der Waals surface area contributed by atoms with Gasteiger partial charge in [-0.15, -0.1) is 0 Å². The lowest BCUT2D eigenvalue weighted by Crippen LogP contribution is -2.12. The molecular weight excluding hydrogens is 224 g/mol. The lowest BCUT2D eigenvalue weighted by Gasteiger charge is -2.26. The van der Waals surface area contributed by atoms with Gasteiger partial charge in [0.1, 0.15) is 0 Å². The molecule has 0 amide bonds. The summed E-state index contributed by atoms with van der Waals surface area (Å²) in [4.78, 5) is 0. The summed E-state index contributed by atoms with van der Waals surface area (Å²) < 4.78 is 0. The fourth-order valence-corrected chi connectivity index (χ4v) is 3.95.